The Hall–Kier alpha value is 0.120. The number of carbonyl (C=O) groups is 1. The fourth-order valence-corrected chi connectivity index (χ4v) is 0.914. The van der Waals surface area contributed by atoms with Gasteiger partial charge in [0.05, 0.1) is 13.2 Å². The second kappa shape index (κ2) is 9.21. The molecule has 0 heterocycles. The molecule has 1 amide bonds. The smallest absolute Gasteiger partial charge is 0.280 e. The first-order valence-corrected chi connectivity index (χ1v) is 5.07. The van der Waals surface area contributed by atoms with Gasteiger partial charge in [-0.05, 0) is 6.54 Å². The van der Waals surface area contributed by atoms with Gasteiger partial charge in [0.2, 0.25) is 0 Å². The molecular formula is C7H15IN2O2. The van der Waals surface area contributed by atoms with Crippen molar-refractivity contribution in [3.63, 3.8) is 0 Å². The number of hydrogen-bond acceptors (Lipinski definition) is 3. The number of nitrogens with one attached hydrogen (secondary N) is 2. The molecule has 0 fully saturated rings. The van der Waals surface area contributed by atoms with Gasteiger partial charge in [0.15, 0.2) is 0 Å². The van der Waals surface area contributed by atoms with Gasteiger partial charge < -0.3 is 15.4 Å². The lowest BCUT2D eigenvalue weighted by Gasteiger charge is -2.04. The zero-order valence-corrected chi connectivity index (χ0v) is 9.39. The summed E-state index contributed by atoms with van der Waals surface area (Å²) in [5, 5.41) is 5.77. The van der Waals surface area contributed by atoms with Crippen molar-refractivity contribution in [3.05, 3.63) is 0 Å². The van der Waals surface area contributed by atoms with E-state index in [-0.39, 0.29) is 3.91 Å². The number of carbonyl (C=O) groups excluding carboxylic acids is 1. The molecule has 0 unspecified atom stereocenters. The third-order valence-corrected chi connectivity index (χ3v) is 1.56. The lowest BCUT2D eigenvalue weighted by molar-refractivity contribution is 0.139. The summed E-state index contributed by atoms with van der Waals surface area (Å²) in [5.74, 6) is 0. The summed E-state index contributed by atoms with van der Waals surface area (Å²) in [7, 11) is 0. The van der Waals surface area contributed by atoms with Crippen LogP contribution in [0.25, 0.3) is 0 Å². The van der Waals surface area contributed by atoms with Gasteiger partial charge in [0.25, 0.3) is 3.91 Å². The van der Waals surface area contributed by atoms with Gasteiger partial charge >= 0.3 is 0 Å². The summed E-state index contributed by atoms with van der Waals surface area (Å²) in [6.45, 7) is 5.76. The molecular weight excluding hydrogens is 271 g/mol. The molecule has 4 nitrogen and oxygen atoms in total. The highest BCUT2D eigenvalue weighted by molar-refractivity contribution is 14.1. The molecule has 0 spiro atoms. The van der Waals surface area contributed by atoms with Gasteiger partial charge in [-0.15, -0.1) is 0 Å². The zero-order chi connectivity index (χ0) is 9.23. The Labute approximate surface area is 86.6 Å². The molecule has 0 aromatic rings. The van der Waals surface area contributed by atoms with Crippen LogP contribution in [-0.2, 0) is 4.74 Å². The van der Waals surface area contributed by atoms with E-state index in [9.17, 15) is 4.79 Å². The predicted molar refractivity (Wildman–Crippen MR) is 56.8 cm³/mol. The van der Waals surface area contributed by atoms with Crippen molar-refractivity contribution < 1.29 is 9.53 Å². The monoisotopic (exact) mass is 286 g/mol. The van der Waals surface area contributed by atoms with Crippen LogP contribution in [0.15, 0.2) is 0 Å². The first kappa shape index (κ1) is 12.1. The Bertz CT molecular complexity index is 122. The Morgan fingerprint density at radius 3 is 2.67 bits per heavy atom. The Kier molecular flexibility index (Phi) is 9.30. The third kappa shape index (κ3) is 10.1. The minimum Gasteiger partial charge on any atom is -0.378 e. The van der Waals surface area contributed by atoms with E-state index in [1.54, 1.807) is 22.6 Å². The summed E-state index contributed by atoms with van der Waals surface area (Å²) >= 11 is 1.70. The number of ether oxygens (including phenoxy) is 1. The van der Waals surface area contributed by atoms with Crippen LogP contribution in [-0.4, -0.2) is 36.8 Å². The second-order valence-corrected chi connectivity index (χ2v) is 3.15. The molecule has 0 atom stereocenters. The molecule has 72 valence electrons. The summed E-state index contributed by atoms with van der Waals surface area (Å²) in [6, 6.07) is 0. The largest absolute Gasteiger partial charge is 0.378 e. The molecule has 0 saturated carbocycles. The molecule has 0 aromatic heterocycles. The Morgan fingerprint density at radius 1 is 1.42 bits per heavy atom. The fraction of sp³-hybridized carbons (Fsp3) is 0.857. The normalized spacial score (nSPS) is 9.83. The lowest BCUT2D eigenvalue weighted by atomic mass is 10.6. The average molecular weight is 286 g/mol. The van der Waals surface area contributed by atoms with Gasteiger partial charge in [-0.3, -0.25) is 4.79 Å². The first-order valence-electron chi connectivity index (χ1n) is 3.99. The fourth-order valence-electron chi connectivity index (χ4n) is 0.645. The maximum atomic E-state index is 10.4. The summed E-state index contributed by atoms with van der Waals surface area (Å²) in [4.78, 5) is 10.4. The zero-order valence-electron chi connectivity index (χ0n) is 7.23. The van der Waals surface area contributed by atoms with E-state index < -0.39 is 0 Å². The number of halogens is 1. The average Bonchev–Trinajstić information content (AvgIpc) is 2.02. The van der Waals surface area contributed by atoms with Crippen LogP contribution in [0, 0.1) is 0 Å². The van der Waals surface area contributed by atoms with Crippen LogP contribution < -0.4 is 10.6 Å². The highest BCUT2D eigenvalue weighted by Crippen LogP contribution is 1.81. The molecule has 0 aliphatic carbocycles. The van der Waals surface area contributed by atoms with Gasteiger partial charge in [-0.25, -0.2) is 0 Å². The van der Waals surface area contributed by atoms with Crippen molar-refractivity contribution in [3.8, 4) is 0 Å². The van der Waals surface area contributed by atoms with Crippen LogP contribution in [0.5, 0.6) is 0 Å². The SMILES string of the molecule is CCNCCOCCNC(=O)I. The minimum absolute atomic E-state index is 0.0390. The molecule has 0 aliphatic heterocycles. The quantitative estimate of drug-likeness (QED) is 0.314. The van der Waals surface area contributed by atoms with E-state index in [1.807, 2.05) is 0 Å². The van der Waals surface area contributed by atoms with Gasteiger partial charge in [-0.2, -0.15) is 0 Å². The maximum absolute atomic E-state index is 10.4. The number of hydrogen-bond donors (Lipinski definition) is 2. The van der Waals surface area contributed by atoms with E-state index in [0.29, 0.717) is 19.8 Å². The van der Waals surface area contributed by atoms with Crippen LogP contribution in [0.2, 0.25) is 0 Å². The van der Waals surface area contributed by atoms with Crippen LogP contribution in [0.3, 0.4) is 0 Å². The van der Waals surface area contributed by atoms with E-state index >= 15 is 0 Å². The molecule has 0 bridgehead atoms. The van der Waals surface area contributed by atoms with Crippen molar-refractivity contribution in [1.29, 1.82) is 0 Å². The molecule has 5 heteroatoms. The van der Waals surface area contributed by atoms with Crippen LogP contribution in [0.4, 0.5) is 4.79 Å². The van der Waals surface area contributed by atoms with E-state index in [4.69, 9.17) is 4.74 Å². The van der Waals surface area contributed by atoms with Crippen molar-refractivity contribution in [2.75, 3.05) is 32.8 Å². The minimum atomic E-state index is -0.0390. The maximum Gasteiger partial charge on any atom is 0.280 e. The van der Waals surface area contributed by atoms with Crippen LogP contribution in [0.1, 0.15) is 6.92 Å². The molecule has 2 N–H and O–H groups in total. The molecule has 0 radical (unpaired) electrons. The molecule has 0 aliphatic rings. The third-order valence-electron chi connectivity index (χ3n) is 1.18. The number of likely N-dealkylation sites (N-methyl/N-ethyl adjacent to an activating group) is 1. The van der Waals surface area contributed by atoms with Gasteiger partial charge in [0.1, 0.15) is 0 Å². The topological polar surface area (TPSA) is 50.4 Å². The van der Waals surface area contributed by atoms with Crippen molar-refractivity contribution >= 4 is 26.5 Å². The highest BCUT2D eigenvalue weighted by Gasteiger charge is 1.91. The summed E-state index contributed by atoms with van der Waals surface area (Å²) in [5.41, 5.74) is 0. The van der Waals surface area contributed by atoms with Crippen molar-refractivity contribution in [2.24, 2.45) is 0 Å². The highest BCUT2D eigenvalue weighted by atomic mass is 127. The van der Waals surface area contributed by atoms with Crippen molar-refractivity contribution in [1.82, 2.24) is 10.6 Å². The number of amides is 1. The standard InChI is InChI=1S/C7H15IN2O2/c1-2-9-3-5-12-6-4-10-7(8)11/h9H,2-6H2,1H3,(H,10,11). The van der Waals surface area contributed by atoms with E-state index in [0.717, 1.165) is 13.1 Å². The van der Waals surface area contributed by atoms with Gasteiger partial charge in [-0.1, -0.05) is 6.92 Å². The lowest BCUT2D eigenvalue weighted by Crippen LogP contribution is -2.24. The Morgan fingerprint density at radius 2 is 2.08 bits per heavy atom. The molecule has 12 heavy (non-hydrogen) atoms. The molecule has 0 saturated heterocycles. The van der Waals surface area contributed by atoms with Crippen molar-refractivity contribution in [2.45, 2.75) is 6.92 Å². The van der Waals surface area contributed by atoms with Gasteiger partial charge in [0, 0.05) is 35.7 Å². The van der Waals surface area contributed by atoms with Crippen LogP contribution >= 0.6 is 22.6 Å². The first-order chi connectivity index (χ1) is 5.77. The van der Waals surface area contributed by atoms with E-state index in [1.165, 1.54) is 0 Å². The van der Waals surface area contributed by atoms with E-state index in [2.05, 4.69) is 17.6 Å². The summed E-state index contributed by atoms with van der Waals surface area (Å²) in [6.07, 6.45) is 0. The Balaban J connectivity index is 2.86. The molecule has 0 aromatic carbocycles. The molecule has 0 rings (SSSR count). The second-order valence-electron chi connectivity index (χ2n) is 2.17. The summed E-state index contributed by atoms with van der Waals surface area (Å²) < 4.78 is 5.17. The number of rotatable bonds is 7. The predicted octanol–water partition coefficient (Wildman–Crippen LogP) is 0.757.